The molecular weight excluding hydrogens is 174 g/mol. The number of pyridine rings is 1. The van der Waals surface area contributed by atoms with Crippen LogP contribution >= 0.6 is 0 Å². The Bertz CT molecular complexity index is 414. The molecule has 0 fully saturated rings. The second kappa shape index (κ2) is 3.62. The van der Waals surface area contributed by atoms with Crippen molar-refractivity contribution in [1.29, 1.82) is 0 Å². The summed E-state index contributed by atoms with van der Waals surface area (Å²) in [5.41, 5.74) is 3.28. The highest BCUT2D eigenvalue weighted by Crippen LogP contribution is 2.07. The van der Waals surface area contributed by atoms with E-state index in [2.05, 4.69) is 17.0 Å². The molecule has 3 nitrogen and oxygen atoms in total. The average Bonchev–Trinajstić information content (AvgIpc) is 2.67. The third kappa shape index (κ3) is 1.66. The van der Waals surface area contributed by atoms with E-state index in [0.29, 0.717) is 0 Å². The van der Waals surface area contributed by atoms with Gasteiger partial charge in [-0.25, -0.2) is 4.68 Å². The van der Waals surface area contributed by atoms with Crippen LogP contribution in [0.2, 0.25) is 0 Å². The molecule has 0 spiro atoms. The van der Waals surface area contributed by atoms with Crippen LogP contribution in [0.15, 0.2) is 30.7 Å². The summed E-state index contributed by atoms with van der Waals surface area (Å²) in [6.07, 6.45) is 6.77. The first kappa shape index (κ1) is 8.94. The van der Waals surface area contributed by atoms with Gasteiger partial charge in [-0.3, -0.25) is 4.98 Å². The van der Waals surface area contributed by atoms with Crippen LogP contribution in [0.3, 0.4) is 0 Å². The van der Waals surface area contributed by atoms with Gasteiger partial charge >= 0.3 is 0 Å². The largest absolute Gasteiger partial charge is 0.259 e. The maximum atomic E-state index is 4.26. The van der Waals surface area contributed by atoms with E-state index in [1.165, 1.54) is 5.56 Å². The SMILES string of the molecule is CCc1cnn(-c2ccc(C)nc2)c1. The lowest BCUT2D eigenvalue weighted by Gasteiger charge is -1.99. The predicted molar refractivity (Wildman–Crippen MR) is 55.5 cm³/mol. The number of aromatic nitrogens is 3. The van der Waals surface area contributed by atoms with E-state index in [-0.39, 0.29) is 0 Å². The Hall–Kier alpha value is -1.64. The van der Waals surface area contributed by atoms with E-state index in [1.807, 2.05) is 42.3 Å². The minimum atomic E-state index is 1.01. The van der Waals surface area contributed by atoms with E-state index in [9.17, 15) is 0 Å². The van der Waals surface area contributed by atoms with Crippen LogP contribution in [0, 0.1) is 6.92 Å². The lowest BCUT2D eigenvalue weighted by molar-refractivity contribution is 0.871. The lowest BCUT2D eigenvalue weighted by atomic mass is 10.3. The predicted octanol–water partition coefficient (Wildman–Crippen LogP) is 2.14. The highest BCUT2D eigenvalue weighted by Gasteiger charge is 1.98. The second-order valence-electron chi connectivity index (χ2n) is 3.30. The van der Waals surface area contributed by atoms with Crippen molar-refractivity contribution in [3.8, 4) is 5.69 Å². The maximum Gasteiger partial charge on any atom is 0.0829 e. The molecule has 2 aromatic rings. The number of aryl methyl sites for hydroxylation is 2. The summed E-state index contributed by atoms with van der Waals surface area (Å²) in [5.74, 6) is 0. The second-order valence-corrected chi connectivity index (χ2v) is 3.30. The smallest absolute Gasteiger partial charge is 0.0829 e. The fourth-order valence-electron chi connectivity index (χ4n) is 1.28. The normalized spacial score (nSPS) is 10.4. The summed E-state index contributed by atoms with van der Waals surface area (Å²) >= 11 is 0. The van der Waals surface area contributed by atoms with Crippen LogP contribution in [0.5, 0.6) is 0 Å². The Balaban J connectivity index is 2.34. The van der Waals surface area contributed by atoms with Gasteiger partial charge in [-0.2, -0.15) is 5.10 Å². The van der Waals surface area contributed by atoms with Gasteiger partial charge in [-0.05, 0) is 31.0 Å². The minimum Gasteiger partial charge on any atom is -0.259 e. The molecule has 72 valence electrons. The zero-order chi connectivity index (χ0) is 9.97. The zero-order valence-corrected chi connectivity index (χ0v) is 8.44. The highest BCUT2D eigenvalue weighted by molar-refractivity contribution is 5.29. The van der Waals surface area contributed by atoms with Crippen molar-refractivity contribution in [3.63, 3.8) is 0 Å². The fourth-order valence-corrected chi connectivity index (χ4v) is 1.28. The Labute approximate surface area is 83.4 Å². The maximum absolute atomic E-state index is 4.26. The number of rotatable bonds is 2. The van der Waals surface area contributed by atoms with Crippen LogP contribution in [0.4, 0.5) is 0 Å². The third-order valence-corrected chi connectivity index (χ3v) is 2.20. The summed E-state index contributed by atoms with van der Waals surface area (Å²) in [6.45, 7) is 4.10. The molecule has 0 bridgehead atoms. The van der Waals surface area contributed by atoms with Gasteiger partial charge in [0.05, 0.1) is 18.1 Å². The van der Waals surface area contributed by atoms with E-state index in [1.54, 1.807) is 0 Å². The number of hydrogen-bond donors (Lipinski definition) is 0. The Morgan fingerprint density at radius 2 is 2.14 bits per heavy atom. The summed E-state index contributed by atoms with van der Waals surface area (Å²) in [4.78, 5) is 4.23. The third-order valence-electron chi connectivity index (χ3n) is 2.20. The van der Waals surface area contributed by atoms with Gasteiger partial charge in [-0.1, -0.05) is 6.92 Å². The first-order valence-corrected chi connectivity index (χ1v) is 4.76. The topological polar surface area (TPSA) is 30.7 Å². The van der Waals surface area contributed by atoms with E-state index >= 15 is 0 Å². The van der Waals surface area contributed by atoms with Crippen LogP contribution in [-0.4, -0.2) is 14.8 Å². The van der Waals surface area contributed by atoms with Gasteiger partial charge in [0.1, 0.15) is 0 Å². The molecule has 0 N–H and O–H groups in total. The van der Waals surface area contributed by atoms with Crippen molar-refractivity contribution in [2.75, 3.05) is 0 Å². The standard InChI is InChI=1S/C11H13N3/c1-3-10-6-13-14(8-10)11-5-4-9(2)12-7-11/h4-8H,3H2,1-2H3. The molecule has 0 radical (unpaired) electrons. The zero-order valence-electron chi connectivity index (χ0n) is 8.44. The Morgan fingerprint density at radius 3 is 2.71 bits per heavy atom. The van der Waals surface area contributed by atoms with Crippen LogP contribution in [0.1, 0.15) is 18.2 Å². The molecule has 0 aliphatic carbocycles. The van der Waals surface area contributed by atoms with Gasteiger partial charge in [0.2, 0.25) is 0 Å². The molecule has 2 heterocycles. The van der Waals surface area contributed by atoms with E-state index in [4.69, 9.17) is 0 Å². The van der Waals surface area contributed by atoms with Crippen molar-refractivity contribution in [3.05, 3.63) is 42.0 Å². The highest BCUT2D eigenvalue weighted by atomic mass is 15.3. The molecule has 0 aliphatic heterocycles. The van der Waals surface area contributed by atoms with Crippen LogP contribution in [0.25, 0.3) is 5.69 Å². The molecule has 0 saturated carbocycles. The van der Waals surface area contributed by atoms with Crippen molar-refractivity contribution < 1.29 is 0 Å². The molecule has 0 amide bonds. The average molecular weight is 187 g/mol. The van der Waals surface area contributed by atoms with E-state index < -0.39 is 0 Å². The molecule has 14 heavy (non-hydrogen) atoms. The monoisotopic (exact) mass is 187 g/mol. The first-order chi connectivity index (χ1) is 6.79. The molecule has 0 saturated heterocycles. The minimum absolute atomic E-state index is 1.01. The van der Waals surface area contributed by atoms with Crippen molar-refractivity contribution >= 4 is 0 Å². The number of hydrogen-bond acceptors (Lipinski definition) is 2. The fraction of sp³-hybridized carbons (Fsp3) is 0.273. The van der Waals surface area contributed by atoms with Gasteiger partial charge in [0.25, 0.3) is 0 Å². The van der Waals surface area contributed by atoms with Crippen molar-refractivity contribution in [2.24, 2.45) is 0 Å². The number of nitrogens with zero attached hydrogens (tertiary/aromatic N) is 3. The van der Waals surface area contributed by atoms with Crippen molar-refractivity contribution in [2.45, 2.75) is 20.3 Å². The molecule has 0 aliphatic rings. The summed E-state index contributed by atoms with van der Waals surface area (Å²) in [6, 6.07) is 4.01. The van der Waals surface area contributed by atoms with Gasteiger partial charge < -0.3 is 0 Å². The molecule has 2 rings (SSSR count). The van der Waals surface area contributed by atoms with Crippen LogP contribution in [-0.2, 0) is 6.42 Å². The Morgan fingerprint density at radius 1 is 1.29 bits per heavy atom. The molecule has 2 aromatic heterocycles. The van der Waals surface area contributed by atoms with Crippen molar-refractivity contribution in [1.82, 2.24) is 14.8 Å². The first-order valence-electron chi connectivity index (χ1n) is 4.76. The molecule has 0 unspecified atom stereocenters. The molecule has 0 aromatic carbocycles. The summed E-state index contributed by atoms with van der Waals surface area (Å²) in [5, 5.41) is 4.26. The lowest BCUT2D eigenvalue weighted by Crippen LogP contribution is -1.95. The molecular formula is C11H13N3. The van der Waals surface area contributed by atoms with Crippen LogP contribution < -0.4 is 0 Å². The molecule has 3 heteroatoms. The van der Waals surface area contributed by atoms with Gasteiger partial charge in [0, 0.05) is 11.9 Å². The quantitative estimate of drug-likeness (QED) is 0.721. The van der Waals surface area contributed by atoms with E-state index in [0.717, 1.165) is 17.8 Å². The summed E-state index contributed by atoms with van der Waals surface area (Å²) < 4.78 is 1.85. The van der Waals surface area contributed by atoms with Gasteiger partial charge in [0.15, 0.2) is 0 Å². The Kier molecular flexibility index (Phi) is 2.31. The van der Waals surface area contributed by atoms with Gasteiger partial charge in [-0.15, -0.1) is 0 Å². The molecule has 0 atom stereocenters. The summed E-state index contributed by atoms with van der Waals surface area (Å²) in [7, 11) is 0.